The van der Waals surface area contributed by atoms with Crippen molar-refractivity contribution >= 4 is 18.5 Å². The van der Waals surface area contributed by atoms with Crippen LogP contribution < -0.4 is 4.72 Å². The number of anilines is 1. The van der Waals surface area contributed by atoms with Gasteiger partial charge in [-0.05, 0) is 37.1 Å². The Morgan fingerprint density at radius 3 is 2.45 bits per heavy atom. The fraction of sp³-hybridized carbons (Fsp3) is 0.250. The highest BCUT2D eigenvalue weighted by molar-refractivity contribution is 7.81. The smallest absolute Gasteiger partial charge is 0.126 e. The summed E-state index contributed by atoms with van der Waals surface area (Å²) in [6.45, 7) is 3.61. The zero-order valence-electron chi connectivity index (χ0n) is 6.48. The molecule has 0 amide bonds. The first-order valence-electron chi connectivity index (χ1n) is 3.32. The van der Waals surface area contributed by atoms with Crippen LogP contribution in [0.15, 0.2) is 12.1 Å². The molecule has 0 spiro atoms. The molecule has 1 N–H and O–H groups in total. The molecule has 0 aliphatic heterocycles. The zero-order chi connectivity index (χ0) is 8.43. The largest absolute Gasteiger partial charge is 0.332 e. The van der Waals surface area contributed by atoms with Crippen molar-refractivity contribution in [3.63, 3.8) is 0 Å². The first kappa shape index (κ1) is 8.40. The lowest BCUT2D eigenvalue weighted by Gasteiger charge is -2.07. The second-order valence-corrected chi connectivity index (χ2v) is 2.68. The lowest BCUT2D eigenvalue weighted by atomic mass is 10.1. The normalized spacial score (nSPS) is 9.82. The highest BCUT2D eigenvalue weighted by Gasteiger charge is 2.03. The molecular weight excluding hydrogens is 161 g/mol. The molecule has 0 radical (unpaired) electrons. The van der Waals surface area contributed by atoms with E-state index in [0.717, 1.165) is 11.3 Å². The van der Waals surface area contributed by atoms with E-state index >= 15 is 0 Å². The molecular formula is C8H10FNS. The average Bonchev–Trinajstić information content (AvgIpc) is 2.01. The van der Waals surface area contributed by atoms with Crippen LogP contribution in [-0.2, 0) is 0 Å². The second kappa shape index (κ2) is 3.13. The number of hydrogen-bond donors (Lipinski definition) is 2. The van der Waals surface area contributed by atoms with Crippen LogP contribution in [0.5, 0.6) is 0 Å². The van der Waals surface area contributed by atoms with E-state index in [1.54, 1.807) is 13.0 Å². The first-order chi connectivity index (χ1) is 5.16. The van der Waals surface area contributed by atoms with E-state index in [-0.39, 0.29) is 5.82 Å². The Morgan fingerprint density at radius 1 is 1.27 bits per heavy atom. The van der Waals surface area contributed by atoms with E-state index in [2.05, 4.69) is 17.5 Å². The molecule has 0 saturated heterocycles. The Hall–Kier alpha value is -0.700. The van der Waals surface area contributed by atoms with Gasteiger partial charge in [-0.3, -0.25) is 0 Å². The van der Waals surface area contributed by atoms with Crippen LogP contribution in [0.4, 0.5) is 10.1 Å². The standard InChI is InChI=1S/C8H10FNS/c1-5-6(2)8(10-11)4-3-7(5)9/h3-4,10-11H,1-2H3. The SMILES string of the molecule is Cc1c(F)ccc(NS)c1C. The van der Waals surface area contributed by atoms with Crippen LogP contribution in [-0.4, -0.2) is 0 Å². The minimum atomic E-state index is -0.171. The number of halogens is 1. The van der Waals surface area contributed by atoms with Gasteiger partial charge in [-0.25, -0.2) is 4.39 Å². The van der Waals surface area contributed by atoms with Gasteiger partial charge in [0.05, 0.1) is 0 Å². The minimum Gasteiger partial charge on any atom is -0.332 e. The number of rotatable bonds is 1. The molecule has 0 unspecified atom stereocenters. The van der Waals surface area contributed by atoms with Crippen LogP contribution in [0.3, 0.4) is 0 Å². The molecule has 0 heterocycles. The Morgan fingerprint density at radius 2 is 1.91 bits per heavy atom. The van der Waals surface area contributed by atoms with Crippen molar-refractivity contribution in [3.05, 3.63) is 29.1 Å². The second-order valence-electron chi connectivity index (χ2n) is 2.46. The average molecular weight is 171 g/mol. The van der Waals surface area contributed by atoms with E-state index in [0.29, 0.717) is 5.56 Å². The van der Waals surface area contributed by atoms with E-state index < -0.39 is 0 Å². The van der Waals surface area contributed by atoms with Gasteiger partial charge in [-0.15, -0.1) is 0 Å². The zero-order valence-corrected chi connectivity index (χ0v) is 7.37. The van der Waals surface area contributed by atoms with E-state index in [4.69, 9.17) is 0 Å². The predicted octanol–water partition coefficient (Wildman–Crippen LogP) is 2.70. The molecule has 1 rings (SSSR count). The molecule has 1 nitrogen and oxygen atoms in total. The number of benzene rings is 1. The molecule has 1 aromatic carbocycles. The van der Waals surface area contributed by atoms with Gasteiger partial charge in [-0.1, -0.05) is 12.8 Å². The predicted molar refractivity (Wildman–Crippen MR) is 48.5 cm³/mol. The Labute approximate surface area is 71.2 Å². The summed E-state index contributed by atoms with van der Waals surface area (Å²) in [6.07, 6.45) is 0. The highest BCUT2D eigenvalue weighted by Crippen LogP contribution is 2.21. The molecule has 1 aromatic rings. The van der Waals surface area contributed by atoms with Crippen molar-refractivity contribution in [2.45, 2.75) is 13.8 Å². The Balaban J connectivity index is 3.25. The summed E-state index contributed by atoms with van der Waals surface area (Å²) < 4.78 is 15.5. The van der Waals surface area contributed by atoms with Crippen LogP contribution in [0.2, 0.25) is 0 Å². The molecule has 0 fully saturated rings. The number of thiol groups is 1. The van der Waals surface area contributed by atoms with Gasteiger partial charge in [0.15, 0.2) is 0 Å². The van der Waals surface area contributed by atoms with Crippen molar-refractivity contribution in [1.29, 1.82) is 0 Å². The van der Waals surface area contributed by atoms with E-state index in [1.165, 1.54) is 6.07 Å². The molecule has 60 valence electrons. The lowest BCUT2D eigenvalue weighted by molar-refractivity contribution is 0.617. The van der Waals surface area contributed by atoms with Crippen molar-refractivity contribution < 1.29 is 4.39 Å². The van der Waals surface area contributed by atoms with Gasteiger partial charge >= 0.3 is 0 Å². The van der Waals surface area contributed by atoms with Crippen molar-refractivity contribution in [1.82, 2.24) is 0 Å². The summed E-state index contributed by atoms with van der Waals surface area (Å²) in [5.41, 5.74) is 2.43. The van der Waals surface area contributed by atoms with Crippen molar-refractivity contribution in [2.75, 3.05) is 4.72 Å². The fourth-order valence-corrected chi connectivity index (χ4v) is 1.15. The van der Waals surface area contributed by atoms with E-state index in [9.17, 15) is 4.39 Å². The summed E-state index contributed by atoms with van der Waals surface area (Å²) in [4.78, 5) is 0. The quantitative estimate of drug-likeness (QED) is 0.619. The fourth-order valence-electron chi connectivity index (χ4n) is 0.909. The summed E-state index contributed by atoms with van der Waals surface area (Å²) in [5.74, 6) is -0.171. The Bertz CT molecular complexity index is 273. The van der Waals surface area contributed by atoms with Crippen molar-refractivity contribution in [3.8, 4) is 0 Å². The van der Waals surface area contributed by atoms with Gasteiger partial charge in [-0.2, -0.15) is 0 Å². The monoisotopic (exact) mass is 171 g/mol. The van der Waals surface area contributed by atoms with Gasteiger partial charge < -0.3 is 4.72 Å². The van der Waals surface area contributed by atoms with Crippen LogP contribution in [0, 0.1) is 19.7 Å². The van der Waals surface area contributed by atoms with Gasteiger partial charge in [0.2, 0.25) is 0 Å². The maximum Gasteiger partial charge on any atom is 0.126 e. The number of nitrogens with one attached hydrogen (secondary N) is 1. The summed E-state index contributed by atoms with van der Waals surface area (Å²) in [5, 5.41) is 0. The molecule has 0 aliphatic carbocycles. The summed E-state index contributed by atoms with van der Waals surface area (Å²) >= 11 is 3.89. The maximum absolute atomic E-state index is 12.8. The highest BCUT2D eigenvalue weighted by atomic mass is 32.1. The third-order valence-electron chi connectivity index (χ3n) is 1.84. The van der Waals surface area contributed by atoms with Gasteiger partial charge in [0.1, 0.15) is 5.82 Å². The van der Waals surface area contributed by atoms with Gasteiger partial charge in [0.25, 0.3) is 0 Å². The van der Waals surface area contributed by atoms with E-state index in [1.807, 2.05) is 6.92 Å². The lowest BCUT2D eigenvalue weighted by Crippen LogP contribution is -1.92. The van der Waals surface area contributed by atoms with Crippen LogP contribution >= 0.6 is 12.8 Å². The molecule has 0 aromatic heterocycles. The first-order valence-corrected chi connectivity index (χ1v) is 3.77. The molecule has 0 aliphatic rings. The molecule has 0 bridgehead atoms. The molecule has 0 atom stereocenters. The van der Waals surface area contributed by atoms with Crippen LogP contribution in [0.25, 0.3) is 0 Å². The maximum atomic E-state index is 12.8. The summed E-state index contributed by atoms with van der Waals surface area (Å²) in [7, 11) is 0. The third kappa shape index (κ3) is 1.48. The molecule has 0 saturated carbocycles. The molecule has 11 heavy (non-hydrogen) atoms. The van der Waals surface area contributed by atoms with Gasteiger partial charge in [0, 0.05) is 5.69 Å². The number of hydrogen-bond acceptors (Lipinski definition) is 2. The summed E-state index contributed by atoms with van der Waals surface area (Å²) in [6, 6.07) is 3.10. The minimum absolute atomic E-state index is 0.171. The third-order valence-corrected chi connectivity index (χ3v) is 2.08. The van der Waals surface area contributed by atoms with Crippen LogP contribution in [0.1, 0.15) is 11.1 Å². The topological polar surface area (TPSA) is 12.0 Å². The molecule has 3 heteroatoms. The van der Waals surface area contributed by atoms with Crippen molar-refractivity contribution in [2.24, 2.45) is 0 Å². The Kier molecular flexibility index (Phi) is 2.39.